The van der Waals surface area contributed by atoms with Crippen LogP contribution in [0.5, 0.6) is 0 Å². The first kappa shape index (κ1) is 11.8. The quantitative estimate of drug-likeness (QED) is 0.508. The highest BCUT2D eigenvalue weighted by molar-refractivity contribution is 6.30. The van der Waals surface area contributed by atoms with E-state index in [4.69, 9.17) is 22.1 Å². The zero-order chi connectivity index (χ0) is 13.0. The smallest absolute Gasteiger partial charge is 0.237 e. The minimum absolute atomic E-state index is 0.232. The van der Waals surface area contributed by atoms with Crippen molar-refractivity contribution in [3.8, 4) is 12.1 Å². The van der Waals surface area contributed by atoms with Crippen molar-refractivity contribution in [3.63, 3.8) is 0 Å². The molecule has 6 heteroatoms. The van der Waals surface area contributed by atoms with E-state index in [1.807, 2.05) is 6.07 Å². The Morgan fingerprint density at radius 2 is 2.00 bits per heavy atom. The molecule has 1 aromatic heterocycles. The molecule has 0 atom stereocenters. The lowest BCUT2D eigenvalue weighted by Gasteiger charge is -2.02. The number of hydrazone groups is 1. The van der Waals surface area contributed by atoms with Crippen LogP contribution in [0.25, 0.3) is 10.8 Å². The van der Waals surface area contributed by atoms with Crippen molar-refractivity contribution in [2.24, 2.45) is 5.10 Å². The van der Waals surface area contributed by atoms with Gasteiger partial charge < -0.3 is 0 Å². The van der Waals surface area contributed by atoms with Gasteiger partial charge in [-0.15, -0.1) is 0 Å². The van der Waals surface area contributed by atoms with Gasteiger partial charge in [0.25, 0.3) is 0 Å². The van der Waals surface area contributed by atoms with Gasteiger partial charge in [-0.1, -0.05) is 17.7 Å². The molecule has 0 radical (unpaired) electrons. The Balaban J connectivity index is 2.32. The van der Waals surface area contributed by atoms with Gasteiger partial charge in [0.15, 0.2) is 0 Å². The van der Waals surface area contributed by atoms with Crippen LogP contribution in [-0.2, 0) is 0 Å². The molecule has 0 aliphatic carbocycles. The normalized spacial score (nSPS) is 9.28. The summed E-state index contributed by atoms with van der Waals surface area (Å²) in [5.41, 5.74) is 3.07. The number of fused-ring (bicyclic) bond motifs is 1. The van der Waals surface area contributed by atoms with Crippen molar-refractivity contribution in [2.75, 3.05) is 5.43 Å². The molecule has 0 bridgehead atoms. The SMILES string of the molecule is N#CC(C#N)=NNc1ccc2cc(Cl)ncc2c1. The highest BCUT2D eigenvalue weighted by Gasteiger charge is 1.99. The molecule has 1 aromatic carbocycles. The summed E-state index contributed by atoms with van der Waals surface area (Å²) in [5, 5.41) is 23.0. The summed E-state index contributed by atoms with van der Waals surface area (Å²) < 4.78 is 0. The van der Waals surface area contributed by atoms with E-state index in [1.54, 1.807) is 36.5 Å². The summed E-state index contributed by atoms with van der Waals surface area (Å²) in [6, 6.07) is 10.5. The molecule has 0 amide bonds. The van der Waals surface area contributed by atoms with Crippen molar-refractivity contribution >= 4 is 33.8 Å². The van der Waals surface area contributed by atoms with Gasteiger partial charge in [0.1, 0.15) is 17.3 Å². The van der Waals surface area contributed by atoms with Crippen LogP contribution in [0.1, 0.15) is 0 Å². The van der Waals surface area contributed by atoms with Crippen LogP contribution in [0.2, 0.25) is 5.15 Å². The number of aromatic nitrogens is 1. The number of halogens is 1. The van der Waals surface area contributed by atoms with E-state index in [-0.39, 0.29) is 5.71 Å². The lowest BCUT2D eigenvalue weighted by molar-refractivity contribution is 1.33. The first-order chi connectivity index (χ1) is 8.72. The van der Waals surface area contributed by atoms with Gasteiger partial charge in [0.2, 0.25) is 5.71 Å². The van der Waals surface area contributed by atoms with Gasteiger partial charge in [0, 0.05) is 11.6 Å². The lowest BCUT2D eigenvalue weighted by atomic mass is 10.1. The van der Waals surface area contributed by atoms with Gasteiger partial charge in [-0.3, -0.25) is 5.43 Å². The van der Waals surface area contributed by atoms with E-state index < -0.39 is 0 Å². The summed E-state index contributed by atoms with van der Waals surface area (Å²) in [7, 11) is 0. The molecule has 86 valence electrons. The molecule has 0 saturated carbocycles. The van der Waals surface area contributed by atoms with E-state index in [0.29, 0.717) is 10.8 Å². The van der Waals surface area contributed by atoms with Crippen molar-refractivity contribution in [1.82, 2.24) is 4.98 Å². The molecule has 0 unspecified atom stereocenters. The number of benzene rings is 1. The number of anilines is 1. The largest absolute Gasteiger partial charge is 0.276 e. The zero-order valence-electron chi connectivity index (χ0n) is 9.05. The second-order valence-electron chi connectivity index (χ2n) is 3.36. The van der Waals surface area contributed by atoms with Crippen LogP contribution >= 0.6 is 11.6 Å². The molecule has 2 rings (SSSR count). The van der Waals surface area contributed by atoms with Crippen LogP contribution in [0, 0.1) is 22.7 Å². The summed E-state index contributed by atoms with van der Waals surface area (Å²) in [6.45, 7) is 0. The number of nitriles is 2. The Labute approximate surface area is 108 Å². The minimum atomic E-state index is -0.232. The van der Waals surface area contributed by atoms with E-state index in [0.717, 1.165) is 10.8 Å². The highest BCUT2D eigenvalue weighted by atomic mass is 35.5. The van der Waals surface area contributed by atoms with E-state index in [1.165, 1.54) is 0 Å². The van der Waals surface area contributed by atoms with Gasteiger partial charge >= 0.3 is 0 Å². The highest BCUT2D eigenvalue weighted by Crippen LogP contribution is 2.20. The number of hydrogen-bond donors (Lipinski definition) is 1. The van der Waals surface area contributed by atoms with Crippen LogP contribution < -0.4 is 5.43 Å². The maximum atomic E-state index is 8.54. The third kappa shape index (κ3) is 2.54. The van der Waals surface area contributed by atoms with E-state index in [9.17, 15) is 0 Å². The van der Waals surface area contributed by atoms with Crippen LogP contribution in [0.4, 0.5) is 5.69 Å². The standard InChI is InChI=1S/C12H6ClN5/c13-12-4-8-1-2-10(3-9(8)7-16-12)17-18-11(5-14)6-15/h1-4,7,17H. The average molecular weight is 256 g/mol. The number of pyridine rings is 1. The second-order valence-corrected chi connectivity index (χ2v) is 3.75. The summed E-state index contributed by atoms with van der Waals surface area (Å²) in [4.78, 5) is 3.97. The Morgan fingerprint density at radius 3 is 2.72 bits per heavy atom. The fourth-order valence-corrected chi connectivity index (χ4v) is 1.55. The maximum absolute atomic E-state index is 8.54. The molecule has 0 aliphatic heterocycles. The Morgan fingerprint density at radius 1 is 1.22 bits per heavy atom. The molecular weight excluding hydrogens is 250 g/mol. The topological polar surface area (TPSA) is 84.9 Å². The van der Waals surface area contributed by atoms with Gasteiger partial charge in [0.05, 0.1) is 5.69 Å². The van der Waals surface area contributed by atoms with Crippen molar-refractivity contribution in [3.05, 3.63) is 35.6 Å². The zero-order valence-corrected chi connectivity index (χ0v) is 9.81. The molecule has 18 heavy (non-hydrogen) atoms. The molecule has 0 spiro atoms. The van der Waals surface area contributed by atoms with Crippen molar-refractivity contribution in [2.45, 2.75) is 0 Å². The van der Waals surface area contributed by atoms with Crippen molar-refractivity contribution < 1.29 is 0 Å². The monoisotopic (exact) mass is 255 g/mol. The molecule has 5 nitrogen and oxygen atoms in total. The predicted molar refractivity (Wildman–Crippen MR) is 69.0 cm³/mol. The van der Waals surface area contributed by atoms with Crippen LogP contribution in [-0.4, -0.2) is 10.7 Å². The van der Waals surface area contributed by atoms with E-state index in [2.05, 4.69) is 15.5 Å². The second kappa shape index (κ2) is 5.13. The van der Waals surface area contributed by atoms with Gasteiger partial charge in [-0.2, -0.15) is 15.6 Å². The Hall–Kier alpha value is -2.63. The number of nitrogens with zero attached hydrogens (tertiary/aromatic N) is 4. The third-order valence-electron chi connectivity index (χ3n) is 2.20. The van der Waals surface area contributed by atoms with Gasteiger partial charge in [-0.05, 0) is 23.6 Å². The maximum Gasteiger partial charge on any atom is 0.237 e. The Kier molecular flexibility index (Phi) is 3.38. The van der Waals surface area contributed by atoms with Crippen LogP contribution in [0.15, 0.2) is 35.6 Å². The summed E-state index contributed by atoms with van der Waals surface area (Å²) >= 11 is 5.78. The minimum Gasteiger partial charge on any atom is -0.276 e. The van der Waals surface area contributed by atoms with Crippen LogP contribution in [0.3, 0.4) is 0 Å². The molecular formula is C12H6ClN5. The predicted octanol–water partition coefficient (Wildman–Crippen LogP) is 2.70. The number of nitrogens with one attached hydrogen (secondary N) is 1. The number of rotatable bonds is 2. The fourth-order valence-electron chi connectivity index (χ4n) is 1.38. The number of hydrogen-bond acceptors (Lipinski definition) is 5. The Bertz CT molecular complexity index is 692. The fraction of sp³-hybridized carbons (Fsp3) is 0. The molecule has 0 aliphatic rings. The molecule has 0 saturated heterocycles. The molecule has 1 heterocycles. The molecule has 2 aromatic rings. The lowest BCUT2D eigenvalue weighted by Crippen LogP contribution is -1.96. The third-order valence-corrected chi connectivity index (χ3v) is 2.40. The molecule has 0 fully saturated rings. The first-order valence-electron chi connectivity index (χ1n) is 4.92. The van der Waals surface area contributed by atoms with Crippen molar-refractivity contribution in [1.29, 1.82) is 10.5 Å². The first-order valence-corrected chi connectivity index (χ1v) is 5.30. The average Bonchev–Trinajstić information content (AvgIpc) is 2.40. The molecule has 1 N–H and O–H groups in total. The van der Waals surface area contributed by atoms with Gasteiger partial charge in [-0.25, -0.2) is 4.98 Å². The summed E-state index contributed by atoms with van der Waals surface area (Å²) in [5.74, 6) is 0. The van der Waals surface area contributed by atoms with E-state index >= 15 is 0 Å². The summed E-state index contributed by atoms with van der Waals surface area (Å²) in [6.07, 6.45) is 1.64.